The molecule has 0 aromatic rings. The summed E-state index contributed by atoms with van der Waals surface area (Å²) in [5.41, 5.74) is 0. The molecule has 1 unspecified atom stereocenters. The summed E-state index contributed by atoms with van der Waals surface area (Å²) >= 11 is 2.02. The van der Waals surface area contributed by atoms with Crippen LogP contribution < -0.4 is 10.6 Å². The number of hydrogen-bond acceptors (Lipinski definition) is 2. The van der Waals surface area contributed by atoms with Crippen LogP contribution in [-0.2, 0) is 0 Å². The summed E-state index contributed by atoms with van der Waals surface area (Å²) in [5.74, 6) is 1.93. The molecule has 0 aromatic carbocycles. The number of urea groups is 1. The minimum atomic E-state index is 0.0298. The van der Waals surface area contributed by atoms with E-state index < -0.39 is 0 Å². The highest BCUT2D eigenvalue weighted by Gasteiger charge is 2.42. The first kappa shape index (κ1) is 12.1. The fourth-order valence-electron chi connectivity index (χ4n) is 2.51. The van der Waals surface area contributed by atoms with E-state index in [-0.39, 0.29) is 6.03 Å². The van der Waals surface area contributed by atoms with Crippen LogP contribution in [0.5, 0.6) is 0 Å². The summed E-state index contributed by atoms with van der Waals surface area (Å²) in [6, 6.07) is 0.794. The Bertz CT molecular complexity index is 259. The van der Waals surface area contributed by atoms with Gasteiger partial charge in [-0.15, -0.1) is 0 Å². The van der Waals surface area contributed by atoms with Gasteiger partial charge in [0.1, 0.15) is 0 Å². The van der Waals surface area contributed by atoms with Gasteiger partial charge < -0.3 is 10.6 Å². The zero-order valence-corrected chi connectivity index (χ0v) is 11.0. The summed E-state index contributed by atoms with van der Waals surface area (Å²) < 4.78 is 0. The summed E-state index contributed by atoms with van der Waals surface area (Å²) in [7, 11) is 0. The Hall–Kier alpha value is -0.380. The Balaban J connectivity index is 1.72. The highest BCUT2D eigenvalue weighted by Crippen LogP contribution is 2.33. The smallest absolute Gasteiger partial charge is 0.315 e. The first-order valence-corrected chi connectivity index (χ1v) is 7.44. The van der Waals surface area contributed by atoms with Crippen LogP contribution in [0.25, 0.3) is 0 Å². The van der Waals surface area contributed by atoms with E-state index in [9.17, 15) is 4.79 Å². The molecule has 0 aliphatic carbocycles. The summed E-state index contributed by atoms with van der Waals surface area (Å²) in [5, 5.41) is 6.66. The molecular formula is C12H22N2OS. The number of thioether (sulfide) groups is 1. The van der Waals surface area contributed by atoms with Gasteiger partial charge in [0.05, 0.1) is 12.1 Å². The van der Waals surface area contributed by atoms with Crippen molar-refractivity contribution in [3.8, 4) is 0 Å². The maximum Gasteiger partial charge on any atom is 0.315 e. The van der Waals surface area contributed by atoms with Crippen molar-refractivity contribution in [2.24, 2.45) is 5.92 Å². The van der Waals surface area contributed by atoms with E-state index >= 15 is 0 Å². The quantitative estimate of drug-likeness (QED) is 0.727. The lowest BCUT2D eigenvalue weighted by Gasteiger charge is -2.17. The van der Waals surface area contributed by atoms with Gasteiger partial charge in [0, 0.05) is 11.0 Å². The molecule has 16 heavy (non-hydrogen) atoms. The summed E-state index contributed by atoms with van der Waals surface area (Å²) in [6.45, 7) is 4.58. The molecule has 2 aliphatic rings. The molecule has 92 valence electrons. The van der Waals surface area contributed by atoms with Crippen LogP contribution in [0, 0.1) is 5.92 Å². The fourth-order valence-corrected chi connectivity index (χ4v) is 4.06. The number of rotatable bonds is 5. The van der Waals surface area contributed by atoms with Crippen molar-refractivity contribution in [2.45, 2.75) is 56.9 Å². The van der Waals surface area contributed by atoms with Gasteiger partial charge in [-0.25, -0.2) is 4.79 Å². The predicted molar refractivity (Wildman–Crippen MR) is 68.8 cm³/mol. The highest BCUT2D eigenvalue weighted by molar-refractivity contribution is 8.00. The van der Waals surface area contributed by atoms with E-state index in [2.05, 4.69) is 24.5 Å². The van der Waals surface area contributed by atoms with Crippen molar-refractivity contribution >= 4 is 17.8 Å². The number of nitrogens with one attached hydrogen (secondary N) is 2. The van der Waals surface area contributed by atoms with Crippen molar-refractivity contribution < 1.29 is 4.79 Å². The number of fused-ring (bicyclic) bond motifs is 1. The third-order valence-corrected chi connectivity index (χ3v) is 5.33. The largest absolute Gasteiger partial charge is 0.332 e. The molecule has 0 radical (unpaired) electrons. The minimum Gasteiger partial charge on any atom is -0.332 e. The van der Waals surface area contributed by atoms with Crippen LogP contribution in [-0.4, -0.2) is 29.1 Å². The molecule has 2 heterocycles. The van der Waals surface area contributed by atoms with Gasteiger partial charge in [0.25, 0.3) is 0 Å². The standard InChI is InChI=1S/C12H22N2OS/c1-3-8(2)5-4-6-10-11-9(7-16-10)13-12(15)14-11/h8-11H,3-7H2,1-2H3,(H2,13,14,15)/t8?,9-,10-,11-/m0/s1. The Morgan fingerprint density at radius 3 is 3.06 bits per heavy atom. The van der Waals surface area contributed by atoms with E-state index in [0.717, 1.165) is 11.7 Å². The van der Waals surface area contributed by atoms with Gasteiger partial charge in [-0.1, -0.05) is 33.1 Å². The molecule has 4 atom stereocenters. The first-order chi connectivity index (χ1) is 7.70. The maximum atomic E-state index is 11.2. The third kappa shape index (κ3) is 2.65. The average molecular weight is 242 g/mol. The summed E-state index contributed by atoms with van der Waals surface area (Å²) in [4.78, 5) is 11.2. The SMILES string of the molecule is CCC(C)CCC[C@@H]1SC[C@@H]2NC(=O)N[C@@H]21. The van der Waals surface area contributed by atoms with Crippen LogP contribution in [0.4, 0.5) is 4.79 Å². The average Bonchev–Trinajstić information content (AvgIpc) is 2.78. The molecule has 0 saturated carbocycles. The predicted octanol–water partition coefficient (Wildman–Crippen LogP) is 2.37. The van der Waals surface area contributed by atoms with E-state index in [4.69, 9.17) is 0 Å². The second-order valence-corrected chi connectivity index (χ2v) is 6.34. The topological polar surface area (TPSA) is 41.1 Å². The Labute approximate surface area is 102 Å². The van der Waals surface area contributed by atoms with E-state index in [0.29, 0.717) is 17.3 Å². The molecule has 4 heteroatoms. The van der Waals surface area contributed by atoms with Crippen molar-refractivity contribution in [1.29, 1.82) is 0 Å². The first-order valence-electron chi connectivity index (χ1n) is 6.39. The lowest BCUT2D eigenvalue weighted by molar-refractivity contribution is 0.247. The molecule has 0 aromatic heterocycles. The molecule has 2 saturated heterocycles. The molecule has 2 aliphatic heterocycles. The lowest BCUT2D eigenvalue weighted by atomic mass is 9.98. The number of amides is 2. The Morgan fingerprint density at radius 2 is 2.31 bits per heavy atom. The van der Waals surface area contributed by atoms with Gasteiger partial charge in [0.15, 0.2) is 0 Å². The maximum absolute atomic E-state index is 11.2. The molecule has 2 amide bonds. The fraction of sp³-hybridized carbons (Fsp3) is 0.917. The lowest BCUT2D eigenvalue weighted by Crippen LogP contribution is -2.36. The van der Waals surface area contributed by atoms with E-state index in [1.165, 1.54) is 25.7 Å². The molecule has 2 N–H and O–H groups in total. The van der Waals surface area contributed by atoms with Crippen LogP contribution in [0.1, 0.15) is 39.5 Å². The molecule has 2 fully saturated rings. The van der Waals surface area contributed by atoms with Crippen molar-refractivity contribution in [2.75, 3.05) is 5.75 Å². The van der Waals surface area contributed by atoms with Crippen LogP contribution >= 0.6 is 11.8 Å². The van der Waals surface area contributed by atoms with E-state index in [1.807, 2.05) is 11.8 Å². The monoisotopic (exact) mass is 242 g/mol. The van der Waals surface area contributed by atoms with Gasteiger partial charge in [-0.2, -0.15) is 11.8 Å². The second-order valence-electron chi connectivity index (χ2n) is 5.07. The summed E-state index contributed by atoms with van der Waals surface area (Å²) in [6.07, 6.45) is 5.15. The third-order valence-electron chi connectivity index (χ3n) is 3.82. The van der Waals surface area contributed by atoms with Crippen LogP contribution in [0.15, 0.2) is 0 Å². The van der Waals surface area contributed by atoms with Crippen molar-refractivity contribution in [3.05, 3.63) is 0 Å². The number of carbonyl (C=O) groups is 1. The number of hydrogen-bond donors (Lipinski definition) is 2. The zero-order valence-electron chi connectivity index (χ0n) is 10.2. The van der Waals surface area contributed by atoms with Gasteiger partial charge in [-0.3, -0.25) is 0 Å². The normalized spacial score (nSPS) is 34.4. The second kappa shape index (κ2) is 5.30. The van der Waals surface area contributed by atoms with Crippen molar-refractivity contribution in [1.82, 2.24) is 10.6 Å². The van der Waals surface area contributed by atoms with Gasteiger partial charge in [-0.05, 0) is 12.3 Å². The van der Waals surface area contributed by atoms with Crippen molar-refractivity contribution in [3.63, 3.8) is 0 Å². The van der Waals surface area contributed by atoms with Crippen LogP contribution in [0.3, 0.4) is 0 Å². The molecule has 0 spiro atoms. The minimum absolute atomic E-state index is 0.0298. The van der Waals surface area contributed by atoms with Gasteiger partial charge >= 0.3 is 6.03 Å². The molecule has 3 nitrogen and oxygen atoms in total. The van der Waals surface area contributed by atoms with E-state index in [1.54, 1.807) is 0 Å². The molecular weight excluding hydrogens is 220 g/mol. The molecule has 0 bridgehead atoms. The highest BCUT2D eigenvalue weighted by atomic mass is 32.2. The Morgan fingerprint density at radius 1 is 1.50 bits per heavy atom. The van der Waals surface area contributed by atoms with Crippen LogP contribution in [0.2, 0.25) is 0 Å². The Kier molecular flexibility index (Phi) is 4.00. The zero-order chi connectivity index (χ0) is 11.5. The van der Waals surface area contributed by atoms with Gasteiger partial charge in [0.2, 0.25) is 0 Å². The molecule has 2 rings (SSSR count). The number of carbonyl (C=O) groups excluding carboxylic acids is 1.